The summed E-state index contributed by atoms with van der Waals surface area (Å²) in [7, 11) is 2.01. The maximum absolute atomic E-state index is 5.87. The molecular weight excluding hydrogens is 292 g/mol. The molecule has 2 heterocycles. The Hall–Kier alpha value is -2.80. The number of oxime groups is 1. The molecule has 7 heteroatoms. The number of hydrogen-bond donors (Lipinski definition) is 2. The lowest BCUT2D eigenvalue weighted by molar-refractivity contribution is -0.661. The van der Waals surface area contributed by atoms with Crippen molar-refractivity contribution in [3.8, 4) is 0 Å². The minimum Gasteiger partial charge on any atom is -0.393 e. The molecule has 0 bridgehead atoms. The van der Waals surface area contributed by atoms with E-state index in [4.69, 9.17) is 16.3 Å². The van der Waals surface area contributed by atoms with Crippen LogP contribution in [0, 0.1) is 0 Å². The van der Waals surface area contributed by atoms with Gasteiger partial charge in [-0.1, -0.05) is 29.4 Å². The van der Waals surface area contributed by atoms with Gasteiger partial charge in [0.25, 0.3) is 0 Å². The number of fused-ring (bicyclic) bond motifs is 1. The molecule has 7 nitrogen and oxygen atoms in total. The molecule has 0 aliphatic heterocycles. The van der Waals surface area contributed by atoms with E-state index in [1.807, 2.05) is 48.4 Å². The van der Waals surface area contributed by atoms with Gasteiger partial charge < -0.3 is 16.3 Å². The summed E-state index contributed by atoms with van der Waals surface area (Å²) in [6.07, 6.45) is 6.15. The molecule has 0 saturated heterocycles. The predicted molar refractivity (Wildman–Crippen MR) is 87.8 cm³/mol. The highest BCUT2D eigenvalue weighted by Crippen LogP contribution is 2.06. The fourth-order valence-corrected chi connectivity index (χ4v) is 2.45. The number of imidazole rings is 1. The van der Waals surface area contributed by atoms with Crippen LogP contribution < -0.4 is 16.0 Å². The number of rotatable bonds is 6. The molecule has 0 amide bonds. The number of amidine groups is 1. The van der Waals surface area contributed by atoms with Crippen LogP contribution in [0.5, 0.6) is 0 Å². The highest BCUT2D eigenvalue weighted by atomic mass is 16.6. The SMILES string of the molecule is Cn1ccc2n1cc[n+]2Cc1ccc(C(N)=NOCCN)cc1. The van der Waals surface area contributed by atoms with Crippen molar-refractivity contribution in [1.29, 1.82) is 0 Å². The highest BCUT2D eigenvalue weighted by molar-refractivity contribution is 5.97. The minimum atomic E-state index is 0.354. The molecule has 4 N–H and O–H groups in total. The van der Waals surface area contributed by atoms with E-state index in [9.17, 15) is 0 Å². The van der Waals surface area contributed by atoms with E-state index in [0.717, 1.165) is 17.8 Å². The highest BCUT2D eigenvalue weighted by Gasteiger charge is 2.12. The molecule has 0 aliphatic carbocycles. The summed E-state index contributed by atoms with van der Waals surface area (Å²) < 4.78 is 6.32. The van der Waals surface area contributed by atoms with Gasteiger partial charge >= 0.3 is 5.65 Å². The van der Waals surface area contributed by atoms with Gasteiger partial charge in [-0.2, -0.15) is 0 Å². The average molecular weight is 313 g/mol. The van der Waals surface area contributed by atoms with Crippen molar-refractivity contribution >= 4 is 11.5 Å². The van der Waals surface area contributed by atoms with Gasteiger partial charge in [-0.05, 0) is 5.56 Å². The summed E-state index contributed by atoms with van der Waals surface area (Å²) in [4.78, 5) is 4.99. The Balaban J connectivity index is 1.73. The van der Waals surface area contributed by atoms with Gasteiger partial charge in [-0.15, -0.1) is 4.52 Å². The number of nitrogens with zero attached hydrogens (tertiary/aromatic N) is 4. The van der Waals surface area contributed by atoms with Crippen molar-refractivity contribution in [2.45, 2.75) is 6.54 Å². The molecule has 1 aromatic carbocycles. The molecule has 0 spiro atoms. The molecule has 3 aromatic rings. The summed E-state index contributed by atoms with van der Waals surface area (Å²) >= 11 is 0. The summed E-state index contributed by atoms with van der Waals surface area (Å²) in [6.45, 7) is 1.57. The second-order valence-corrected chi connectivity index (χ2v) is 5.31. The van der Waals surface area contributed by atoms with Crippen molar-refractivity contribution in [2.24, 2.45) is 23.7 Å². The number of hydrogen-bond acceptors (Lipinski definition) is 3. The Kier molecular flexibility index (Phi) is 4.29. The lowest BCUT2D eigenvalue weighted by Crippen LogP contribution is -2.32. The Morgan fingerprint density at radius 1 is 1.22 bits per heavy atom. The van der Waals surface area contributed by atoms with Crippen molar-refractivity contribution in [3.05, 3.63) is 60.0 Å². The number of aromatic nitrogens is 3. The van der Waals surface area contributed by atoms with E-state index in [1.54, 1.807) is 0 Å². The topological polar surface area (TPSA) is 86.8 Å². The monoisotopic (exact) mass is 313 g/mol. The van der Waals surface area contributed by atoms with Crippen molar-refractivity contribution in [2.75, 3.05) is 13.2 Å². The number of nitrogens with two attached hydrogens (primary N) is 2. The lowest BCUT2D eigenvalue weighted by Gasteiger charge is -2.03. The summed E-state index contributed by atoms with van der Waals surface area (Å²) in [6, 6.07) is 10.1. The van der Waals surface area contributed by atoms with Gasteiger partial charge in [0.15, 0.2) is 12.0 Å². The van der Waals surface area contributed by atoms with Crippen LogP contribution in [0.3, 0.4) is 0 Å². The van der Waals surface area contributed by atoms with E-state index in [1.165, 1.54) is 5.56 Å². The summed E-state index contributed by atoms with van der Waals surface area (Å²) in [5.74, 6) is 0.354. The summed E-state index contributed by atoms with van der Waals surface area (Å²) in [5, 5.41) is 3.84. The first kappa shape index (κ1) is 15.1. The Labute approximate surface area is 134 Å². The third-order valence-corrected chi connectivity index (χ3v) is 3.67. The predicted octanol–water partition coefficient (Wildman–Crippen LogP) is 0.209. The molecule has 0 aliphatic rings. The zero-order chi connectivity index (χ0) is 16.2. The molecule has 0 unspecified atom stereocenters. The molecule has 0 atom stereocenters. The van der Waals surface area contributed by atoms with E-state index in [-0.39, 0.29) is 0 Å². The van der Waals surface area contributed by atoms with E-state index >= 15 is 0 Å². The molecule has 0 radical (unpaired) electrons. The standard InChI is InChI=1S/C16H21N6O/c1-20-8-6-15-21(9-10-22(15)20)12-13-2-4-14(5-3-13)16(18)19-23-11-7-17/h2-6,8-10H,7,11-12,17H2,1H3,(H2,18,19)/q+1. The Morgan fingerprint density at radius 2 is 2.00 bits per heavy atom. The van der Waals surface area contributed by atoms with E-state index in [0.29, 0.717) is 19.0 Å². The first-order chi connectivity index (χ1) is 11.2. The fourth-order valence-electron chi connectivity index (χ4n) is 2.45. The first-order valence-electron chi connectivity index (χ1n) is 7.46. The summed E-state index contributed by atoms with van der Waals surface area (Å²) in [5.41, 5.74) is 14.4. The molecule has 3 rings (SSSR count). The molecule has 0 fully saturated rings. The van der Waals surface area contributed by atoms with Crippen LogP contribution in [-0.2, 0) is 18.4 Å². The smallest absolute Gasteiger partial charge is 0.307 e. The van der Waals surface area contributed by atoms with E-state index < -0.39 is 0 Å². The van der Waals surface area contributed by atoms with Crippen LogP contribution in [-0.4, -0.2) is 28.2 Å². The van der Waals surface area contributed by atoms with Gasteiger partial charge in [0.05, 0.1) is 0 Å². The molecule has 2 aromatic heterocycles. The third kappa shape index (κ3) is 3.19. The lowest BCUT2D eigenvalue weighted by atomic mass is 10.1. The number of benzene rings is 1. The maximum atomic E-state index is 5.87. The normalized spacial score (nSPS) is 12.0. The largest absolute Gasteiger partial charge is 0.393 e. The molecular formula is C16H21N6O+. The molecule has 120 valence electrons. The van der Waals surface area contributed by atoms with Crippen molar-refractivity contribution < 1.29 is 9.40 Å². The second-order valence-electron chi connectivity index (χ2n) is 5.31. The first-order valence-corrected chi connectivity index (χ1v) is 7.46. The van der Waals surface area contributed by atoms with Gasteiger partial charge in [-0.25, -0.2) is 9.25 Å². The van der Waals surface area contributed by atoms with E-state index in [2.05, 4.69) is 26.5 Å². The minimum absolute atomic E-state index is 0.354. The van der Waals surface area contributed by atoms with Crippen LogP contribution in [0.25, 0.3) is 5.65 Å². The van der Waals surface area contributed by atoms with Crippen LogP contribution in [0.4, 0.5) is 0 Å². The van der Waals surface area contributed by atoms with Crippen LogP contribution in [0.1, 0.15) is 11.1 Å². The second kappa shape index (κ2) is 6.53. The quantitative estimate of drug-likeness (QED) is 0.224. The van der Waals surface area contributed by atoms with Crippen LogP contribution in [0.15, 0.2) is 54.1 Å². The van der Waals surface area contributed by atoms with Crippen LogP contribution in [0.2, 0.25) is 0 Å². The van der Waals surface area contributed by atoms with Crippen molar-refractivity contribution in [3.63, 3.8) is 0 Å². The molecule has 23 heavy (non-hydrogen) atoms. The van der Waals surface area contributed by atoms with Gasteiger partial charge in [0, 0.05) is 31.4 Å². The molecule has 0 saturated carbocycles. The van der Waals surface area contributed by atoms with Crippen molar-refractivity contribution in [1.82, 2.24) is 9.20 Å². The van der Waals surface area contributed by atoms with Gasteiger partial charge in [0.1, 0.15) is 19.3 Å². The Bertz CT molecular complexity index is 815. The zero-order valence-electron chi connectivity index (χ0n) is 13.1. The third-order valence-electron chi connectivity index (χ3n) is 3.67. The van der Waals surface area contributed by atoms with Gasteiger partial charge in [0.2, 0.25) is 0 Å². The van der Waals surface area contributed by atoms with Crippen LogP contribution >= 0.6 is 0 Å². The van der Waals surface area contributed by atoms with Gasteiger partial charge in [-0.3, -0.25) is 0 Å². The maximum Gasteiger partial charge on any atom is 0.307 e. The fraction of sp³-hybridized carbons (Fsp3) is 0.250. The Morgan fingerprint density at radius 3 is 2.74 bits per heavy atom. The average Bonchev–Trinajstić information content (AvgIpc) is 3.12. The number of aryl methyl sites for hydroxylation is 1. The zero-order valence-corrected chi connectivity index (χ0v) is 13.1.